The zero-order valence-electron chi connectivity index (χ0n) is 16.7. The van der Waals surface area contributed by atoms with Crippen molar-refractivity contribution >= 4 is 11.8 Å². The fourth-order valence-corrected chi connectivity index (χ4v) is 4.58. The minimum absolute atomic E-state index is 0.0618. The van der Waals surface area contributed by atoms with Crippen molar-refractivity contribution in [1.82, 2.24) is 20.0 Å². The van der Waals surface area contributed by atoms with Crippen LogP contribution in [0.15, 0.2) is 30.5 Å². The first kappa shape index (κ1) is 19.6. The van der Waals surface area contributed by atoms with E-state index in [0.29, 0.717) is 32.0 Å². The molecule has 2 aliphatic rings. The van der Waals surface area contributed by atoms with Crippen molar-refractivity contribution in [1.29, 1.82) is 0 Å². The molecule has 0 unspecified atom stereocenters. The third kappa shape index (κ3) is 4.18. The first-order valence-electron chi connectivity index (χ1n) is 10.4. The Kier molecular flexibility index (Phi) is 5.65. The molecule has 0 spiro atoms. The highest BCUT2D eigenvalue weighted by molar-refractivity contribution is 5.84. The van der Waals surface area contributed by atoms with Crippen LogP contribution in [-0.4, -0.2) is 51.4 Å². The van der Waals surface area contributed by atoms with Crippen molar-refractivity contribution in [2.75, 3.05) is 13.6 Å². The summed E-state index contributed by atoms with van der Waals surface area (Å²) in [6.45, 7) is 0.943. The maximum absolute atomic E-state index is 13.2. The van der Waals surface area contributed by atoms with Gasteiger partial charge >= 0.3 is 0 Å². The van der Waals surface area contributed by atoms with Gasteiger partial charge in [-0.15, -0.1) is 0 Å². The number of nitrogens with one attached hydrogen (secondary N) is 1. The van der Waals surface area contributed by atoms with Gasteiger partial charge in [0.1, 0.15) is 5.82 Å². The second-order valence-corrected chi connectivity index (χ2v) is 8.19. The van der Waals surface area contributed by atoms with Crippen molar-refractivity contribution in [2.45, 2.75) is 51.1 Å². The number of aromatic amines is 1. The molecule has 0 bridgehead atoms. The molecule has 1 saturated carbocycles. The molecular weight excluding hydrogens is 371 g/mol. The lowest BCUT2D eigenvalue weighted by molar-refractivity contribution is -0.144. The van der Waals surface area contributed by atoms with E-state index in [1.165, 1.54) is 25.0 Å². The Balaban J connectivity index is 1.43. The topological polar surface area (TPSA) is 69.3 Å². The second kappa shape index (κ2) is 8.35. The van der Waals surface area contributed by atoms with Gasteiger partial charge in [0.15, 0.2) is 0 Å². The number of rotatable bonds is 5. The van der Waals surface area contributed by atoms with E-state index in [4.69, 9.17) is 0 Å². The highest BCUT2D eigenvalue weighted by Gasteiger charge is 2.36. The van der Waals surface area contributed by atoms with E-state index < -0.39 is 0 Å². The van der Waals surface area contributed by atoms with Gasteiger partial charge in [0.2, 0.25) is 11.8 Å². The summed E-state index contributed by atoms with van der Waals surface area (Å²) in [6, 6.07) is 6.51. The molecule has 1 aromatic heterocycles. The van der Waals surface area contributed by atoms with Crippen LogP contribution in [0.3, 0.4) is 0 Å². The highest BCUT2D eigenvalue weighted by atomic mass is 19.1. The first-order chi connectivity index (χ1) is 14.0. The Bertz CT molecular complexity index is 873. The fraction of sp³-hybridized carbons (Fsp3) is 0.500. The van der Waals surface area contributed by atoms with E-state index in [1.807, 2.05) is 4.90 Å². The molecule has 6 nitrogen and oxygen atoms in total. The predicted octanol–water partition coefficient (Wildman–Crippen LogP) is 3.36. The standard InChI is InChI=1S/C22H27FN4O2/c1-26(13-17-12-24-25-21(17)15-6-9-18(23)10-7-15)22(29)16-8-11-20(28)27(14-16)19-4-2-3-5-19/h6-7,9-10,12,16,19H,2-5,8,11,13-14H2,1H3,(H,24,25)/t16-/m0/s1. The summed E-state index contributed by atoms with van der Waals surface area (Å²) in [7, 11) is 1.79. The summed E-state index contributed by atoms with van der Waals surface area (Å²) in [6.07, 6.45) is 7.21. The molecule has 1 aliphatic carbocycles. The van der Waals surface area contributed by atoms with Gasteiger partial charge in [-0.1, -0.05) is 12.8 Å². The van der Waals surface area contributed by atoms with Gasteiger partial charge in [0, 0.05) is 43.7 Å². The van der Waals surface area contributed by atoms with E-state index in [9.17, 15) is 14.0 Å². The number of aromatic nitrogens is 2. The number of likely N-dealkylation sites (tertiary alicyclic amines) is 1. The summed E-state index contributed by atoms with van der Waals surface area (Å²) in [5.74, 6) is -0.191. The van der Waals surface area contributed by atoms with E-state index in [1.54, 1.807) is 30.3 Å². The zero-order valence-corrected chi connectivity index (χ0v) is 16.7. The van der Waals surface area contributed by atoms with Gasteiger partial charge in [-0.05, 0) is 43.5 Å². The van der Waals surface area contributed by atoms with Crippen molar-refractivity contribution in [3.63, 3.8) is 0 Å². The maximum Gasteiger partial charge on any atom is 0.227 e. The van der Waals surface area contributed by atoms with Crippen LogP contribution in [-0.2, 0) is 16.1 Å². The Morgan fingerprint density at radius 1 is 1.24 bits per heavy atom. The number of hydrogen-bond donors (Lipinski definition) is 1. The first-order valence-corrected chi connectivity index (χ1v) is 10.4. The second-order valence-electron chi connectivity index (χ2n) is 8.19. The quantitative estimate of drug-likeness (QED) is 0.840. The third-order valence-electron chi connectivity index (χ3n) is 6.19. The SMILES string of the molecule is CN(Cc1cn[nH]c1-c1ccc(F)cc1)C(=O)[C@H]1CCC(=O)N(C2CCCC2)C1. The normalized spacial score (nSPS) is 20.3. The minimum atomic E-state index is -0.291. The predicted molar refractivity (Wildman–Crippen MR) is 107 cm³/mol. The molecule has 2 fully saturated rings. The number of halogens is 1. The van der Waals surface area contributed by atoms with E-state index in [0.717, 1.165) is 29.7 Å². The molecular formula is C22H27FN4O2. The van der Waals surface area contributed by atoms with E-state index >= 15 is 0 Å². The Morgan fingerprint density at radius 3 is 2.69 bits per heavy atom. The monoisotopic (exact) mass is 398 g/mol. The lowest BCUT2D eigenvalue weighted by Crippen LogP contribution is -2.49. The molecule has 1 aromatic carbocycles. The average Bonchev–Trinajstić information content (AvgIpc) is 3.41. The van der Waals surface area contributed by atoms with Crippen LogP contribution in [0.2, 0.25) is 0 Å². The van der Waals surface area contributed by atoms with Crippen LogP contribution in [0, 0.1) is 11.7 Å². The number of hydrogen-bond acceptors (Lipinski definition) is 3. The molecule has 2 amide bonds. The van der Waals surface area contributed by atoms with Gasteiger partial charge < -0.3 is 9.80 Å². The smallest absolute Gasteiger partial charge is 0.227 e. The molecule has 1 atom stereocenters. The number of piperidine rings is 1. The van der Waals surface area contributed by atoms with E-state index in [2.05, 4.69) is 10.2 Å². The van der Waals surface area contributed by atoms with Crippen LogP contribution < -0.4 is 0 Å². The molecule has 4 rings (SSSR count). The number of amides is 2. The highest BCUT2D eigenvalue weighted by Crippen LogP contribution is 2.30. The molecule has 2 heterocycles. The Hall–Kier alpha value is -2.70. The Labute approximate surface area is 170 Å². The van der Waals surface area contributed by atoms with Crippen molar-refractivity contribution < 1.29 is 14.0 Å². The molecule has 29 heavy (non-hydrogen) atoms. The van der Waals surface area contributed by atoms with Gasteiger partial charge in [0.25, 0.3) is 0 Å². The third-order valence-corrected chi connectivity index (χ3v) is 6.19. The Morgan fingerprint density at radius 2 is 1.97 bits per heavy atom. The molecule has 1 N–H and O–H groups in total. The van der Waals surface area contributed by atoms with Crippen LogP contribution in [0.5, 0.6) is 0 Å². The largest absolute Gasteiger partial charge is 0.341 e. The van der Waals surface area contributed by atoms with Crippen LogP contribution in [0.1, 0.15) is 44.1 Å². The van der Waals surface area contributed by atoms with Gasteiger partial charge in [0.05, 0.1) is 17.8 Å². The van der Waals surface area contributed by atoms with Gasteiger partial charge in [-0.25, -0.2) is 4.39 Å². The minimum Gasteiger partial charge on any atom is -0.341 e. The summed E-state index contributed by atoms with van der Waals surface area (Å²) < 4.78 is 13.2. The van der Waals surface area contributed by atoms with Gasteiger partial charge in [-0.3, -0.25) is 14.7 Å². The van der Waals surface area contributed by atoms with E-state index in [-0.39, 0.29) is 23.5 Å². The number of benzene rings is 1. The fourth-order valence-electron chi connectivity index (χ4n) is 4.58. The molecule has 1 saturated heterocycles. The van der Waals surface area contributed by atoms with Gasteiger partial charge in [-0.2, -0.15) is 5.10 Å². The van der Waals surface area contributed by atoms with Crippen LogP contribution in [0.4, 0.5) is 4.39 Å². The summed E-state index contributed by atoms with van der Waals surface area (Å²) >= 11 is 0. The molecule has 2 aromatic rings. The van der Waals surface area contributed by atoms with Crippen molar-refractivity contribution in [3.05, 3.63) is 41.8 Å². The van der Waals surface area contributed by atoms with Crippen molar-refractivity contribution in [2.24, 2.45) is 5.92 Å². The summed E-state index contributed by atoms with van der Waals surface area (Å²) in [4.78, 5) is 29.1. The van der Waals surface area contributed by atoms with Crippen molar-refractivity contribution in [3.8, 4) is 11.3 Å². The lowest BCUT2D eigenvalue weighted by Gasteiger charge is -2.37. The summed E-state index contributed by atoms with van der Waals surface area (Å²) in [5, 5.41) is 7.06. The number of nitrogens with zero attached hydrogens (tertiary/aromatic N) is 3. The summed E-state index contributed by atoms with van der Waals surface area (Å²) in [5.41, 5.74) is 2.50. The maximum atomic E-state index is 13.2. The zero-order chi connectivity index (χ0) is 20.4. The molecule has 154 valence electrons. The number of carbonyl (C=O) groups is 2. The number of carbonyl (C=O) groups excluding carboxylic acids is 2. The van der Waals surface area contributed by atoms with Crippen LogP contribution >= 0.6 is 0 Å². The molecule has 7 heteroatoms. The van der Waals surface area contributed by atoms with Crippen LogP contribution in [0.25, 0.3) is 11.3 Å². The molecule has 0 radical (unpaired) electrons. The lowest BCUT2D eigenvalue weighted by atomic mass is 9.94. The molecule has 1 aliphatic heterocycles. The number of H-pyrrole nitrogens is 1. The average molecular weight is 398 g/mol.